The number of ether oxygens (including phenoxy) is 3. The fraction of sp³-hybridized carbons (Fsp3) is 0.440. The van der Waals surface area contributed by atoms with E-state index in [4.69, 9.17) is 14.2 Å². The number of Topliss-reactive ketones (excluding diaryl/α,β-unsaturated/α-hetero) is 1. The highest BCUT2D eigenvalue weighted by atomic mass is 16.6. The average molecular weight is 424 g/mol. The van der Waals surface area contributed by atoms with E-state index in [2.05, 4.69) is 0 Å². The summed E-state index contributed by atoms with van der Waals surface area (Å²) in [7, 11) is 3.14. The van der Waals surface area contributed by atoms with E-state index >= 15 is 0 Å². The molecule has 6 nitrogen and oxygen atoms in total. The Labute approximate surface area is 183 Å². The zero-order valence-corrected chi connectivity index (χ0v) is 18.1. The summed E-state index contributed by atoms with van der Waals surface area (Å²) < 4.78 is 16.2. The van der Waals surface area contributed by atoms with Crippen LogP contribution in [0.1, 0.15) is 48.0 Å². The topological polar surface area (TPSA) is 65.1 Å². The Bertz CT molecular complexity index is 915. The first-order valence-corrected chi connectivity index (χ1v) is 10.9. The molecule has 31 heavy (non-hydrogen) atoms. The minimum Gasteiger partial charge on any atom is -0.493 e. The van der Waals surface area contributed by atoms with E-state index in [0.717, 1.165) is 24.8 Å². The van der Waals surface area contributed by atoms with E-state index in [9.17, 15) is 9.59 Å². The zero-order chi connectivity index (χ0) is 21.8. The number of benzene rings is 2. The second-order valence-electron chi connectivity index (χ2n) is 8.29. The van der Waals surface area contributed by atoms with Crippen molar-refractivity contribution in [2.45, 2.75) is 50.8 Å². The van der Waals surface area contributed by atoms with E-state index in [-0.39, 0.29) is 36.5 Å². The maximum absolute atomic E-state index is 13.3. The number of carbonyl (C=O) groups is 2. The van der Waals surface area contributed by atoms with Crippen molar-refractivity contribution in [3.63, 3.8) is 0 Å². The van der Waals surface area contributed by atoms with Gasteiger partial charge in [0.05, 0.1) is 14.2 Å². The van der Waals surface area contributed by atoms with E-state index in [1.54, 1.807) is 32.4 Å². The van der Waals surface area contributed by atoms with Crippen LogP contribution < -0.4 is 9.47 Å². The second-order valence-corrected chi connectivity index (χ2v) is 8.29. The molecule has 6 heteroatoms. The molecule has 2 bridgehead atoms. The first kappa shape index (κ1) is 21.2. The number of rotatable bonds is 6. The first-order chi connectivity index (χ1) is 15.1. The number of ketones is 1. The number of methoxy groups -OCH3 is 2. The summed E-state index contributed by atoms with van der Waals surface area (Å²) >= 11 is 0. The summed E-state index contributed by atoms with van der Waals surface area (Å²) in [5.41, 5.74) is 1.60. The molecule has 0 aliphatic carbocycles. The van der Waals surface area contributed by atoms with Gasteiger partial charge in [-0.15, -0.1) is 0 Å². The molecular formula is C25H29NO5. The van der Waals surface area contributed by atoms with Crippen LogP contribution in [0.4, 0.5) is 4.79 Å². The fourth-order valence-corrected chi connectivity index (χ4v) is 4.91. The van der Waals surface area contributed by atoms with Gasteiger partial charge in [-0.2, -0.15) is 0 Å². The normalized spacial score (nSPS) is 22.5. The van der Waals surface area contributed by atoms with Crippen molar-refractivity contribution in [2.24, 2.45) is 5.92 Å². The lowest BCUT2D eigenvalue weighted by Crippen LogP contribution is -2.55. The van der Waals surface area contributed by atoms with Gasteiger partial charge >= 0.3 is 6.09 Å². The van der Waals surface area contributed by atoms with Crippen LogP contribution in [0.15, 0.2) is 48.5 Å². The number of piperidine rings is 2. The Morgan fingerprint density at radius 2 is 1.61 bits per heavy atom. The maximum atomic E-state index is 13.3. The van der Waals surface area contributed by atoms with Crippen LogP contribution >= 0.6 is 0 Å². The van der Waals surface area contributed by atoms with Crippen molar-refractivity contribution in [3.05, 3.63) is 59.7 Å². The third kappa shape index (κ3) is 4.53. The lowest BCUT2D eigenvalue weighted by atomic mass is 9.76. The summed E-state index contributed by atoms with van der Waals surface area (Å²) in [5.74, 6) is 1.16. The molecule has 2 unspecified atom stereocenters. The standard InChI is InChI=1S/C25H29NO5/c1-29-22-12-11-18(15-23(22)30-2)24(27)19-13-20-9-6-10-21(14-19)26(20)25(28)31-16-17-7-4-3-5-8-17/h3-5,7-8,11-12,15,19-21H,6,9-10,13-14,16H2,1-2H3. The molecule has 4 rings (SSSR count). The van der Waals surface area contributed by atoms with Gasteiger partial charge in [-0.3, -0.25) is 4.79 Å². The van der Waals surface area contributed by atoms with Gasteiger partial charge in [-0.25, -0.2) is 4.79 Å². The number of nitrogens with zero attached hydrogens (tertiary/aromatic N) is 1. The van der Waals surface area contributed by atoms with Crippen LogP contribution in [0, 0.1) is 5.92 Å². The van der Waals surface area contributed by atoms with Gasteiger partial charge in [0.1, 0.15) is 6.61 Å². The minimum atomic E-state index is -0.268. The van der Waals surface area contributed by atoms with Crippen LogP contribution in [0.25, 0.3) is 0 Å². The molecule has 0 spiro atoms. The van der Waals surface area contributed by atoms with E-state index in [1.165, 1.54) is 0 Å². The Kier molecular flexibility index (Phi) is 6.44. The summed E-state index contributed by atoms with van der Waals surface area (Å²) in [6.07, 6.45) is 3.97. The van der Waals surface area contributed by atoms with Crippen molar-refractivity contribution in [1.29, 1.82) is 0 Å². The largest absolute Gasteiger partial charge is 0.493 e. The van der Waals surface area contributed by atoms with Crippen LogP contribution in [0.2, 0.25) is 0 Å². The Morgan fingerprint density at radius 3 is 2.26 bits per heavy atom. The molecule has 1 amide bonds. The molecular weight excluding hydrogens is 394 g/mol. The van der Waals surface area contributed by atoms with Gasteiger partial charge in [0.2, 0.25) is 0 Å². The van der Waals surface area contributed by atoms with Crippen LogP contribution in [0.3, 0.4) is 0 Å². The number of fused-ring (bicyclic) bond motifs is 2. The smallest absolute Gasteiger partial charge is 0.410 e. The van der Waals surface area contributed by atoms with E-state index < -0.39 is 0 Å². The quantitative estimate of drug-likeness (QED) is 0.621. The predicted octanol–water partition coefficient (Wildman–Crippen LogP) is 4.86. The van der Waals surface area contributed by atoms with Gasteiger partial charge in [0, 0.05) is 23.6 Å². The Balaban J connectivity index is 1.44. The second kappa shape index (κ2) is 9.41. The number of hydrogen-bond donors (Lipinski definition) is 0. The van der Waals surface area contributed by atoms with Crippen molar-refractivity contribution < 1.29 is 23.8 Å². The molecule has 2 aliphatic heterocycles. The highest BCUT2D eigenvalue weighted by molar-refractivity contribution is 5.98. The van der Waals surface area contributed by atoms with Crippen LogP contribution in [-0.4, -0.2) is 43.1 Å². The lowest BCUT2D eigenvalue weighted by Gasteiger charge is -2.47. The van der Waals surface area contributed by atoms with Gasteiger partial charge in [0.25, 0.3) is 0 Å². The van der Waals surface area contributed by atoms with Gasteiger partial charge in [0.15, 0.2) is 17.3 Å². The molecule has 0 aromatic heterocycles. The molecule has 2 saturated heterocycles. The van der Waals surface area contributed by atoms with Gasteiger partial charge < -0.3 is 19.1 Å². The van der Waals surface area contributed by atoms with Crippen molar-refractivity contribution in [1.82, 2.24) is 4.90 Å². The summed E-state index contributed by atoms with van der Waals surface area (Å²) in [6, 6.07) is 15.1. The summed E-state index contributed by atoms with van der Waals surface area (Å²) in [5, 5.41) is 0. The molecule has 2 aromatic carbocycles. The molecule has 2 heterocycles. The molecule has 2 fully saturated rings. The van der Waals surface area contributed by atoms with Gasteiger partial charge in [-0.1, -0.05) is 30.3 Å². The SMILES string of the molecule is COc1ccc(C(=O)C2CC3CCCC(C2)N3C(=O)OCc2ccccc2)cc1OC. The Morgan fingerprint density at radius 1 is 0.935 bits per heavy atom. The highest BCUT2D eigenvalue weighted by Crippen LogP contribution is 2.39. The molecule has 164 valence electrons. The van der Waals surface area contributed by atoms with Crippen molar-refractivity contribution in [2.75, 3.05) is 14.2 Å². The molecule has 0 N–H and O–H groups in total. The molecule has 0 radical (unpaired) electrons. The monoisotopic (exact) mass is 423 g/mol. The van der Waals surface area contributed by atoms with E-state index in [0.29, 0.717) is 29.9 Å². The molecule has 2 atom stereocenters. The lowest BCUT2D eigenvalue weighted by molar-refractivity contribution is 0.00472. The predicted molar refractivity (Wildman–Crippen MR) is 116 cm³/mol. The van der Waals surface area contributed by atoms with Gasteiger partial charge in [-0.05, 0) is 55.9 Å². The number of amides is 1. The number of hydrogen-bond acceptors (Lipinski definition) is 5. The van der Waals surface area contributed by atoms with E-state index in [1.807, 2.05) is 35.2 Å². The third-order valence-corrected chi connectivity index (χ3v) is 6.43. The maximum Gasteiger partial charge on any atom is 0.410 e. The fourth-order valence-electron chi connectivity index (χ4n) is 4.91. The molecule has 2 aliphatic rings. The molecule has 2 aromatic rings. The van der Waals surface area contributed by atoms with Crippen LogP contribution in [0.5, 0.6) is 11.5 Å². The van der Waals surface area contributed by atoms with Crippen molar-refractivity contribution >= 4 is 11.9 Å². The highest BCUT2D eigenvalue weighted by Gasteiger charge is 2.43. The third-order valence-electron chi connectivity index (χ3n) is 6.43. The molecule has 0 saturated carbocycles. The zero-order valence-electron chi connectivity index (χ0n) is 18.1. The minimum absolute atomic E-state index is 0.0462. The Hall–Kier alpha value is -3.02. The van der Waals surface area contributed by atoms with Crippen molar-refractivity contribution in [3.8, 4) is 11.5 Å². The van der Waals surface area contributed by atoms with Crippen LogP contribution in [-0.2, 0) is 11.3 Å². The number of carbonyl (C=O) groups excluding carboxylic acids is 2. The first-order valence-electron chi connectivity index (χ1n) is 10.9. The summed E-state index contributed by atoms with van der Waals surface area (Å²) in [4.78, 5) is 28.0. The summed E-state index contributed by atoms with van der Waals surface area (Å²) in [6.45, 7) is 0.267. The average Bonchev–Trinajstić information content (AvgIpc) is 2.81.